The number of hydrogen-bond donors (Lipinski definition) is 4. The number of aliphatic hydroxyl groups is 3. The van der Waals surface area contributed by atoms with Crippen LogP contribution in [0.1, 0.15) is 78.6 Å². The maximum atomic E-state index is 13.2. The highest BCUT2D eigenvalue weighted by atomic mass is 16.5. The number of aromatic nitrogens is 1. The maximum Gasteiger partial charge on any atom is 0.224 e. The van der Waals surface area contributed by atoms with Gasteiger partial charge < -0.3 is 29.9 Å². The van der Waals surface area contributed by atoms with Gasteiger partial charge >= 0.3 is 0 Å². The number of nitrogens with one attached hydrogen (secondary N) is 1. The summed E-state index contributed by atoms with van der Waals surface area (Å²) in [6, 6.07) is 8.08. The molecule has 232 valence electrons. The molecule has 42 heavy (non-hydrogen) atoms. The van der Waals surface area contributed by atoms with Crippen molar-refractivity contribution in [3.05, 3.63) is 30.5 Å². The standard InChI is InChI=1S/C35H52N2O5/c1-21(8-11-32(41)36-28-6-5-7-29-24(28)13-15-37(29)16-17-42-4)25-9-10-26-33-27(20-31(40)35(25,26)3)34(2)14-12-23(38)18-22(34)19-30(33)39/h5-7,13,15,21-23,25-27,30-31,33,38-40H,8-12,14,16-20H2,1-4H3,(H,36,41). The normalized spacial score (nSPS) is 40.3. The summed E-state index contributed by atoms with van der Waals surface area (Å²) in [5, 5.41) is 37.9. The predicted molar refractivity (Wildman–Crippen MR) is 165 cm³/mol. The maximum absolute atomic E-state index is 13.2. The molecule has 1 amide bonds. The Labute approximate surface area is 251 Å². The van der Waals surface area contributed by atoms with Crippen LogP contribution in [0.25, 0.3) is 10.9 Å². The van der Waals surface area contributed by atoms with Crippen LogP contribution in [0, 0.1) is 46.3 Å². The molecule has 1 aromatic carbocycles. The Morgan fingerprint density at radius 2 is 1.90 bits per heavy atom. The van der Waals surface area contributed by atoms with E-state index in [4.69, 9.17) is 4.74 Å². The van der Waals surface area contributed by atoms with E-state index in [1.54, 1.807) is 7.11 Å². The first-order valence-electron chi connectivity index (χ1n) is 16.5. The largest absolute Gasteiger partial charge is 0.393 e. The van der Waals surface area contributed by atoms with E-state index < -0.39 is 6.10 Å². The number of carbonyl (C=O) groups is 1. The van der Waals surface area contributed by atoms with Crippen molar-refractivity contribution in [2.24, 2.45) is 46.3 Å². The molecule has 0 aliphatic heterocycles. The molecular weight excluding hydrogens is 528 g/mol. The molecule has 4 N–H and O–H groups in total. The Kier molecular flexibility index (Phi) is 8.27. The molecule has 11 unspecified atom stereocenters. The monoisotopic (exact) mass is 580 g/mol. The Morgan fingerprint density at radius 1 is 1.10 bits per heavy atom. The van der Waals surface area contributed by atoms with Crippen LogP contribution in [0.5, 0.6) is 0 Å². The molecular formula is C35H52N2O5. The summed E-state index contributed by atoms with van der Waals surface area (Å²) in [5.74, 6) is 1.81. The predicted octanol–water partition coefficient (Wildman–Crippen LogP) is 5.60. The zero-order chi connectivity index (χ0) is 29.8. The minimum absolute atomic E-state index is 0.0316. The number of fused-ring (bicyclic) bond motifs is 6. The first kappa shape index (κ1) is 30.1. The van der Waals surface area contributed by atoms with Crippen molar-refractivity contribution in [2.45, 2.75) is 103 Å². The van der Waals surface area contributed by atoms with Crippen molar-refractivity contribution >= 4 is 22.5 Å². The third-order valence-electron chi connectivity index (χ3n) is 13.0. The second-order valence-electron chi connectivity index (χ2n) is 14.8. The second-order valence-corrected chi connectivity index (χ2v) is 14.8. The molecule has 6 rings (SSSR count). The van der Waals surface area contributed by atoms with E-state index >= 15 is 0 Å². The minimum atomic E-state index is -0.401. The van der Waals surface area contributed by atoms with Gasteiger partial charge in [0.15, 0.2) is 0 Å². The van der Waals surface area contributed by atoms with Gasteiger partial charge in [0.2, 0.25) is 5.91 Å². The molecule has 2 aromatic rings. The van der Waals surface area contributed by atoms with Crippen molar-refractivity contribution in [2.75, 3.05) is 19.0 Å². The van der Waals surface area contributed by atoms with Gasteiger partial charge in [-0.3, -0.25) is 4.79 Å². The van der Waals surface area contributed by atoms with E-state index in [9.17, 15) is 20.1 Å². The van der Waals surface area contributed by atoms with Gasteiger partial charge in [-0.2, -0.15) is 0 Å². The molecule has 7 nitrogen and oxygen atoms in total. The quantitative estimate of drug-likeness (QED) is 0.325. The Balaban J connectivity index is 1.12. The smallest absolute Gasteiger partial charge is 0.224 e. The lowest BCUT2D eigenvalue weighted by atomic mass is 9.43. The summed E-state index contributed by atoms with van der Waals surface area (Å²) >= 11 is 0. The average Bonchev–Trinajstić information content (AvgIpc) is 3.54. The van der Waals surface area contributed by atoms with Gasteiger partial charge in [-0.15, -0.1) is 0 Å². The number of anilines is 1. The summed E-state index contributed by atoms with van der Waals surface area (Å²) in [6.07, 6.45) is 8.47. The topological polar surface area (TPSA) is 104 Å². The fraction of sp³-hybridized carbons (Fsp3) is 0.743. The van der Waals surface area contributed by atoms with Crippen LogP contribution < -0.4 is 5.32 Å². The summed E-state index contributed by atoms with van der Waals surface area (Å²) in [5.41, 5.74) is 1.77. The van der Waals surface area contributed by atoms with Crippen molar-refractivity contribution in [1.29, 1.82) is 0 Å². The molecule has 0 radical (unpaired) electrons. The Hall–Kier alpha value is -1.93. The van der Waals surface area contributed by atoms with E-state index in [0.717, 1.165) is 74.5 Å². The first-order valence-corrected chi connectivity index (χ1v) is 16.5. The van der Waals surface area contributed by atoms with Crippen LogP contribution >= 0.6 is 0 Å². The highest BCUT2D eigenvalue weighted by Gasteiger charge is 2.65. The zero-order valence-corrected chi connectivity index (χ0v) is 26.0. The van der Waals surface area contributed by atoms with E-state index in [1.807, 2.05) is 18.3 Å². The lowest BCUT2D eigenvalue weighted by Gasteiger charge is -2.63. The molecule has 0 spiro atoms. The number of amides is 1. The van der Waals surface area contributed by atoms with Crippen LogP contribution in [0.15, 0.2) is 30.5 Å². The molecule has 1 heterocycles. The van der Waals surface area contributed by atoms with Crippen molar-refractivity contribution in [3.8, 4) is 0 Å². The van der Waals surface area contributed by atoms with Crippen LogP contribution in [0.3, 0.4) is 0 Å². The van der Waals surface area contributed by atoms with E-state index in [-0.39, 0.29) is 34.9 Å². The fourth-order valence-electron chi connectivity index (χ4n) is 10.6. The number of nitrogens with zero attached hydrogens (tertiary/aromatic N) is 1. The van der Waals surface area contributed by atoms with E-state index in [1.165, 1.54) is 0 Å². The van der Waals surface area contributed by atoms with E-state index in [0.29, 0.717) is 42.6 Å². The van der Waals surface area contributed by atoms with Crippen molar-refractivity contribution in [3.63, 3.8) is 0 Å². The molecule has 0 saturated heterocycles. The molecule has 0 bridgehead atoms. The van der Waals surface area contributed by atoms with Gasteiger partial charge in [-0.05, 0) is 116 Å². The second kappa shape index (κ2) is 11.5. The molecule has 7 heteroatoms. The van der Waals surface area contributed by atoms with Crippen LogP contribution in [0.2, 0.25) is 0 Å². The SMILES string of the molecule is COCCn1ccc2c(NC(=O)CCC(C)C3CCC4C5C(O)CC6CC(O)CCC6(C)C5CC(O)C34C)cccc21. The zero-order valence-electron chi connectivity index (χ0n) is 26.0. The number of aliphatic hydroxyl groups excluding tert-OH is 3. The van der Waals surface area contributed by atoms with Crippen LogP contribution in [-0.4, -0.2) is 57.8 Å². The van der Waals surface area contributed by atoms with Crippen LogP contribution in [0.4, 0.5) is 5.69 Å². The highest BCUT2D eigenvalue weighted by molar-refractivity contribution is 6.01. The van der Waals surface area contributed by atoms with Gasteiger partial charge in [0.1, 0.15) is 0 Å². The number of hydrogen-bond acceptors (Lipinski definition) is 5. The summed E-state index contributed by atoms with van der Waals surface area (Å²) in [7, 11) is 1.70. The van der Waals surface area contributed by atoms with Crippen molar-refractivity contribution in [1.82, 2.24) is 4.57 Å². The number of rotatable bonds is 8. The lowest BCUT2D eigenvalue weighted by molar-refractivity contribution is -0.207. The van der Waals surface area contributed by atoms with Crippen molar-refractivity contribution < 1.29 is 24.9 Å². The lowest BCUT2D eigenvalue weighted by Crippen LogP contribution is -2.62. The minimum Gasteiger partial charge on any atom is -0.393 e. The number of benzene rings is 1. The van der Waals surface area contributed by atoms with Gasteiger partial charge in [0.05, 0.1) is 36.1 Å². The fourth-order valence-corrected chi connectivity index (χ4v) is 10.6. The Bertz CT molecular complexity index is 1280. The third-order valence-corrected chi connectivity index (χ3v) is 13.0. The summed E-state index contributed by atoms with van der Waals surface area (Å²) in [6.45, 7) is 8.33. The van der Waals surface area contributed by atoms with Crippen LogP contribution in [-0.2, 0) is 16.1 Å². The molecule has 4 aliphatic carbocycles. The third kappa shape index (κ3) is 4.92. The van der Waals surface area contributed by atoms with Gasteiger partial charge in [0.25, 0.3) is 0 Å². The molecule has 1 aromatic heterocycles. The summed E-state index contributed by atoms with van der Waals surface area (Å²) < 4.78 is 7.38. The summed E-state index contributed by atoms with van der Waals surface area (Å²) in [4.78, 5) is 13.2. The average molecular weight is 581 g/mol. The van der Waals surface area contributed by atoms with Gasteiger partial charge in [-0.1, -0.05) is 26.8 Å². The molecule has 4 saturated carbocycles. The molecule has 4 aliphatic rings. The Morgan fingerprint density at radius 3 is 2.69 bits per heavy atom. The van der Waals surface area contributed by atoms with E-state index in [2.05, 4.69) is 42.8 Å². The van der Waals surface area contributed by atoms with Gasteiger partial charge in [0, 0.05) is 31.7 Å². The first-order chi connectivity index (χ1) is 20.1. The number of carbonyl (C=O) groups excluding carboxylic acids is 1. The van der Waals surface area contributed by atoms with Gasteiger partial charge in [-0.25, -0.2) is 0 Å². The highest BCUT2D eigenvalue weighted by Crippen LogP contribution is 2.68. The molecule has 4 fully saturated rings. The molecule has 11 atom stereocenters. The number of methoxy groups -OCH3 is 1. The number of ether oxygens (including phenoxy) is 1.